The van der Waals surface area contributed by atoms with Crippen LogP contribution >= 0.6 is 0 Å². The molecule has 0 saturated heterocycles. The molecule has 0 amide bonds. The van der Waals surface area contributed by atoms with Crippen LogP contribution in [-0.2, 0) is 17.7 Å². The van der Waals surface area contributed by atoms with Crippen molar-refractivity contribution < 1.29 is 17.7 Å². The van der Waals surface area contributed by atoms with Gasteiger partial charge in [-0.25, -0.2) is 0 Å². The average molecular weight is 878 g/mol. The lowest BCUT2D eigenvalue weighted by Crippen LogP contribution is -2.51. The van der Waals surface area contributed by atoms with E-state index in [1.165, 1.54) is 11.1 Å². The molecule has 4 nitrogen and oxygen atoms in total. The van der Waals surface area contributed by atoms with Gasteiger partial charge in [0.05, 0.1) is 24.9 Å². The summed E-state index contributed by atoms with van der Waals surface area (Å²) in [6, 6.07) is 0. The van der Waals surface area contributed by atoms with Crippen LogP contribution in [0.3, 0.4) is 0 Å². The summed E-state index contributed by atoms with van der Waals surface area (Å²) in [4.78, 5) is 0. The van der Waals surface area contributed by atoms with Gasteiger partial charge in [-0.15, -0.1) is 0 Å². The first-order chi connectivity index (χ1) is 26.0. The van der Waals surface area contributed by atoms with Crippen LogP contribution in [0.1, 0.15) is 136 Å². The molecule has 0 saturated carbocycles. The molecule has 0 aromatic rings. The monoisotopic (exact) mass is 877 g/mol. The van der Waals surface area contributed by atoms with Gasteiger partial charge in [-0.1, -0.05) is 170 Å². The van der Waals surface area contributed by atoms with Crippen LogP contribution in [0.15, 0.2) is 59.8 Å². The summed E-state index contributed by atoms with van der Waals surface area (Å²) >= 11 is 0. The standard InChI is InChI=1S/C50H100O4Si4/c1-26-41(5)46(54-58(24,25)50(14,15)16)43(7)47(53-55(17,18)19)42(6)37-39(3)31-30-32-40(4)38-44(27-2)34-35-45(52-57(22,23)49(11,12)13)33-28-29-36-51-56(20,21)48(8,9)10/h28-31,34-35,37-38,40-43,45-47H,26-27,32-33,36H2,1-25H3/b29-28-,31-30+,35-34+,39-37+,44-38-/t40-,41+,42-,43+,45-,46-,47-/m1/s1. The third-order valence-electron chi connectivity index (χ3n) is 13.5. The number of hydrogen-bond donors (Lipinski definition) is 0. The largest absolute Gasteiger partial charge is 0.414 e. The third kappa shape index (κ3) is 20.5. The van der Waals surface area contributed by atoms with Gasteiger partial charge >= 0.3 is 0 Å². The molecule has 0 aromatic carbocycles. The van der Waals surface area contributed by atoms with E-state index in [0.717, 1.165) is 25.7 Å². The lowest BCUT2D eigenvalue weighted by molar-refractivity contribution is -0.00546. The second-order valence-electron chi connectivity index (χ2n) is 23.3. The van der Waals surface area contributed by atoms with Gasteiger partial charge in [-0.3, -0.25) is 0 Å². The van der Waals surface area contributed by atoms with Crippen LogP contribution in [-0.4, -0.2) is 58.2 Å². The van der Waals surface area contributed by atoms with Crippen molar-refractivity contribution in [1.29, 1.82) is 0 Å². The lowest BCUT2D eigenvalue weighted by atomic mass is 9.83. The lowest BCUT2D eigenvalue weighted by Gasteiger charge is -2.46. The van der Waals surface area contributed by atoms with Gasteiger partial charge in [0.1, 0.15) is 0 Å². The smallest absolute Gasteiger partial charge is 0.192 e. The van der Waals surface area contributed by atoms with Crippen LogP contribution in [0.25, 0.3) is 0 Å². The fourth-order valence-electron chi connectivity index (χ4n) is 6.26. The quantitative estimate of drug-likeness (QED) is 0.0550. The Morgan fingerprint density at radius 2 is 1.10 bits per heavy atom. The topological polar surface area (TPSA) is 36.9 Å². The fraction of sp³-hybridized carbons (Fsp3) is 0.800. The minimum absolute atomic E-state index is 0.0421. The average Bonchev–Trinajstić information content (AvgIpc) is 3.04. The summed E-state index contributed by atoms with van der Waals surface area (Å²) in [5.41, 5.74) is 2.67. The van der Waals surface area contributed by atoms with Crippen LogP contribution in [0.4, 0.5) is 0 Å². The van der Waals surface area contributed by atoms with Crippen molar-refractivity contribution in [3.8, 4) is 0 Å². The first-order valence-electron chi connectivity index (χ1n) is 23.1. The Morgan fingerprint density at radius 1 is 0.586 bits per heavy atom. The molecule has 0 spiro atoms. The molecule has 0 N–H and O–H groups in total. The zero-order valence-electron chi connectivity index (χ0n) is 43.3. The van der Waals surface area contributed by atoms with Crippen LogP contribution in [0.5, 0.6) is 0 Å². The minimum Gasteiger partial charge on any atom is -0.414 e. The van der Waals surface area contributed by atoms with Gasteiger partial charge in [-0.2, -0.15) is 0 Å². The zero-order chi connectivity index (χ0) is 45.7. The van der Waals surface area contributed by atoms with Gasteiger partial charge in [0.15, 0.2) is 33.3 Å². The molecule has 58 heavy (non-hydrogen) atoms. The summed E-state index contributed by atoms with van der Waals surface area (Å²) in [6.07, 6.45) is 23.0. The van der Waals surface area contributed by atoms with E-state index < -0.39 is 33.3 Å². The van der Waals surface area contributed by atoms with Gasteiger partial charge in [0.25, 0.3) is 0 Å². The maximum Gasteiger partial charge on any atom is 0.192 e. The van der Waals surface area contributed by atoms with Crippen molar-refractivity contribution in [2.24, 2.45) is 23.7 Å². The van der Waals surface area contributed by atoms with Crippen LogP contribution in [0.2, 0.25) is 74.0 Å². The van der Waals surface area contributed by atoms with Crippen molar-refractivity contribution in [2.45, 2.75) is 229 Å². The van der Waals surface area contributed by atoms with Gasteiger partial charge in [0.2, 0.25) is 0 Å². The van der Waals surface area contributed by atoms with Crippen LogP contribution in [0, 0.1) is 23.7 Å². The zero-order valence-corrected chi connectivity index (χ0v) is 47.3. The molecule has 0 rings (SSSR count). The maximum atomic E-state index is 7.23. The Labute approximate surface area is 368 Å². The second kappa shape index (κ2) is 23.7. The molecule has 0 aliphatic heterocycles. The summed E-state index contributed by atoms with van der Waals surface area (Å²) in [6.45, 7) is 58.9. The number of hydrogen-bond acceptors (Lipinski definition) is 4. The van der Waals surface area contributed by atoms with Crippen molar-refractivity contribution in [1.82, 2.24) is 0 Å². The SMILES string of the molecule is CCC(=C/[C@H](C)C/C=C/C(C)=C/[C@@H](C)[C@@H](O[Si](C)(C)C)[C@@H](C)[C@H](O[Si](C)(C)C(C)(C)C)[C@@H](C)CC)/C=C/[C@@H](C/C=C\CO[Si](C)(C)C(C)(C)C)O[Si](C)(C)C(C)(C)C. The van der Waals surface area contributed by atoms with Gasteiger partial charge in [-0.05, 0) is 118 Å². The molecular formula is C50H100O4Si4. The van der Waals surface area contributed by atoms with E-state index in [-0.39, 0.29) is 45.3 Å². The van der Waals surface area contributed by atoms with E-state index in [4.69, 9.17) is 17.7 Å². The molecule has 0 aromatic heterocycles. The maximum absolute atomic E-state index is 7.23. The van der Waals surface area contributed by atoms with Crippen molar-refractivity contribution in [3.63, 3.8) is 0 Å². The van der Waals surface area contributed by atoms with E-state index in [9.17, 15) is 0 Å². The number of rotatable bonds is 24. The van der Waals surface area contributed by atoms with Crippen molar-refractivity contribution in [2.75, 3.05) is 6.61 Å². The fourth-order valence-corrected chi connectivity index (χ4v) is 11.2. The molecule has 0 aliphatic rings. The minimum atomic E-state index is -1.96. The number of allylic oxidation sites excluding steroid dienone is 6. The Kier molecular flexibility index (Phi) is 23.5. The molecule has 0 aliphatic carbocycles. The van der Waals surface area contributed by atoms with E-state index in [0.29, 0.717) is 18.4 Å². The Morgan fingerprint density at radius 3 is 1.57 bits per heavy atom. The van der Waals surface area contributed by atoms with Crippen molar-refractivity contribution >= 4 is 33.3 Å². The first-order valence-corrected chi connectivity index (χ1v) is 35.2. The highest BCUT2D eigenvalue weighted by Crippen LogP contribution is 2.42. The molecule has 0 bridgehead atoms. The molecule has 0 fully saturated rings. The molecule has 7 atom stereocenters. The third-order valence-corrected chi connectivity index (χ3v) is 27.9. The highest BCUT2D eigenvalue weighted by molar-refractivity contribution is 6.75. The Hall–Kier alpha value is -0.592. The van der Waals surface area contributed by atoms with Gasteiger partial charge < -0.3 is 17.7 Å². The highest BCUT2D eigenvalue weighted by atomic mass is 28.4. The molecular weight excluding hydrogens is 777 g/mol. The van der Waals surface area contributed by atoms with E-state index in [1.807, 2.05) is 0 Å². The van der Waals surface area contributed by atoms with E-state index in [2.05, 4.69) is 218 Å². The van der Waals surface area contributed by atoms with E-state index in [1.54, 1.807) is 0 Å². The molecule has 0 unspecified atom stereocenters. The summed E-state index contributed by atoms with van der Waals surface area (Å²) in [5.74, 6) is 1.46. The molecule has 340 valence electrons. The normalized spacial score (nSPS) is 18.9. The highest BCUT2D eigenvalue weighted by Gasteiger charge is 2.44. The predicted molar refractivity (Wildman–Crippen MR) is 271 cm³/mol. The first kappa shape index (κ1) is 57.4. The summed E-state index contributed by atoms with van der Waals surface area (Å²) in [5, 5.41) is 0.531. The predicted octanol–water partition coefficient (Wildman–Crippen LogP) is 16.7. The Balaban J connectivity index is 6.13. The molecule has 0 heterocycles. The van der Waals surface area contributed by atoms with Crippen LogP contribution < -0.4 is 0 Å². The molecule has 8 heteroatoms. The van der Waals surface area contributed by atoms with E-state index >= 15 is 0 Å². The summed E-state index contributed by atoms with van der Waals surface area (Å²) < 4.78 is 27.7. The second-order valence-corrected chi connectivity index (χ2v) is 42.1. The summed E-state index contributed by atoms with van der Waals surface area (Å²) in [7, 11) is -7.50. The van der Waals surface area contributed by atoms with Crippen molar-refractivity contribution in [3.05, 3.63) is 59.8 Å². The Bertz CT molecular complexity index is 1340. The molecule has 0 radical (unpaired) electrons. The van der Waals surface area contributed by atoms with Gasteiger partial charge in [0, 0.05) is 5.92 Å².